The van der Waals surface area contributed by atoms with Gasteiger partial charge in [-0.1, -0.05) is 11.6 Å². The number of nitrogens with zero attached hydrogens (tertiary/aromatic N) is 3. The highest BCUT2D eigenvalue weighted by Crippen LogP contribution is 2.33. The van der Waals surface area contributed by atoms with Crippen LogP contribution in [0.3, 0.4) is 0 Å². The van der Waals surface area contributed by atoms with Gasteiger partial charge in [0.25, 0.3) is 6.01 Å². The monoisotopic (exact) mass is 317 g/mol. The fraction of sp³-hybridized carbons (Fsp3) is 0. The number of halogens is 1. The SMILES string of the molecule is Nc1ccc2nc(Nc3c(Cl)ccc4nsnc34)oc2c1. The minimum Gasteiger partial charge on any atom is -0.423 e. The number of anilines is 3. The molecule has 0 unspecified atom stereocenters. The average Bonchev–Trinajstić information content (AvgIpc) is 3.07. The minimum atomic E-state index is 0.331. The Morgan fingerprint density at radius 2 is 2.00 bits per heavy atom. The number of rotatable bonds is 2. The van der Waals surface area contributed by atoms with Crippen LogP contribution in [0.2, 0.25) is 5.02 Å². The molecule has 104 valence electrons. The molecule has 0 spiro atoms. The molecule has 4 aromatic rings. The Kier molecular flexibility index (Phi) is 2.69. The molecular formula is C13H8ClN5OS. The van der Waals surface area contributed by atoms with Gasteiger partial charge in [0.05, 0.1) is 22.4 Å². The van der Waals surface area contributed by atoms with E-state index in [1.54, 1.807) is 24.3 Å². The molecule has 3 N–H and O–H groups in total. The van der Waals surface area contributed by atoms with Crippen LogP contribution in [0.1, 0.15) is 0 Å². The summed E-state index contributed by atoms with van der Waals surface area (Å²) in [7, 11) is 0. The van der Waals surface area contributed by atoms with Crippen molar-refractivity contribution in [3.05, 3.63) is 35.4 Å². The first-order chi connectivity index (χ1) is 10.2. The van der Waals surface area contributed by atoms with Crippen molar-refractivity contribution in [2.45, 2.75) is 0 Å². The molecule has 0 aliphatic heterocycles. The van der Waals surface area contributed by atoms with E-state index in [9.17, 15) is 0 Å². The summed E-state index contributed by atoms with van der Waals surface area (Å²) >= 11 is 7.35. The molecule has 0 aliphatic rings. The van der Waals surface area contributed by atoms with Crippen molar-refractivity contribution in [1.29, 1.82) is 0 Å². The third-order valence-corrected chi connectivity index (χ3v) is 3.88. The van der Waals surface area contributed by atoms with Crippen LogP contribution in [0.25, 0.3) is 22.1 Å². The van der Waals surface area contributed by atoms with Gasteiger partial charge in [0, 0.05) is 11.8 Å². The maximum Gasteiger partial charge on any atom is 0.300 e. The first kappa shape index (κ1) is 12.4. The van der Waals surface area contributed by atoms with Crippen molar-refractivity contribution in [1.82, 2.24) is 13.7 Å². The molecule has 0 bridgehead atoms. The summed E-state index contributed by atoms with van der Waals surface area (Å²) in [5, 5.41) is 3.59. The van der Waals surface area contributed by atoms with E-state index in [4.69, 9.17) is 21.8 Å². The summed E-state index contributed by atoms with van der Waals surface area (Å²) < 4.78 is 14.0. The molecule has 0 atom stereocenters. The zero-order chi connectivity index (χ0) is 14.4. The Balaban J connectivity index is 1.82. The Bertz CT molecular complexity index is 964. The highest BCUT2D eigenvalue weighted by molar-refractivity contribution is 7.00. The number of hydrogen-bond acceptors (Lipinski definition) is 7. The molecule has 6 nitrogen and oxygen atoms in total. The molecule has 0 saturated heterocycles. The van der Waals surface area contributed by atoms with Crippen molar-refractivity contribution in [3.63, 3.8) is 0 Å². The highest BCUT2D eigenvalue weighted by Gasteiger charge is 2.13. The molecule has 0 amide bonds. The van der Waals surface area contributed by atoms with E-state index in [2.05, 4.69) is 19.0 Å². The highest BCUT2D eigenvalue weighted by atomic mass is 35.5. The summed E-state index contributed by atoms with van der Waals surface area (Å²) in [6.45, 7) is 0. The molecule has 8 heteroatoms. The van der Waals surface area contributed by atoms with E-state index in [1.165, 1.54) is 0 Å². The lowest BCUT2D eigenvalue weighted by Gasteiger charge is -2.04. The molecule has 2 aromatic heterocycles. The zero-order valence-electron chi connectivity index (χ0n) is 10.5. The van der Waals surface area contributed by atoms with E-state index in [1.807, 2.05) is 6.07 Å². The Labute approximate surface area is 127 Å². The van der Waals surface area contributed by atoms with Crippen LogP contribution >= 0.6 is 23.3 Å². The second-order valence-electron chi connectivity index (χ2n) is 4.43. The maximum atomic E-state index is 6.22. The molecule has 0 saturated carbocycles. The number of fused-ring (bicyclic) bond motifs is 2. The topological polar surface area (TPSA) is 89.9 Å². The number of benzene rings is 2. The third kappa shape index (κ3) is 2.07. The van der Waals surface area contributed by atoms with Gasteiger partial charge in [-0.05, 0) is 24.3 Å². The van der Waals surface area contributed by atoms with Gasteiger partial charge in [-0.2, -0.15) is 13.7 Å². The predicted octanol–water partition coefficient (Wildman–Crippen LogP) is 3.81. The van der Waals surface area contributed by atoms with Crippen LogP contribution in [0, 0.1) is 0 Å². The fourth-order valence-corrected chi connectivity index (χ4v) is 2.79. The Morgan fingerprint density at radius 3 is 2.90 bits per heavy atom. The number of oxazole rings is 1. The van der Waals surface area contributed by atoms with Crippen molar-refractivity contribution in [2.24, 2.45) is 0 Å². The standard InChI is InChI=1S/C13H8ClN5OS/c14-7-2-4-9-12(19-21-18-9)11(7)17-13-16-8-3-1-6(15)5-10(8)20-13/h1-5H,15H2,(H,16,17). The number of nitrogens with one attached hydrogen (secondary N) is 1. The second-order valence-corrected chi connectivity index (χ2v) is 5.36. The lowest BCUT2D eigenvalue weighted by molar-refractivity contribution is 0.623. The number of nitrogens with two attached hydrogens (primary N) is 1. The van der Waals surface area contributed by atoms with Crippen LogP contribution in [0.15, 0.2) is 34.7 Å². The lowest BCUT2D eigenvalue weighted by atomic mass is 10.2. The summed E-state index contributed by atoms with van der Waals surface area (Å²) in [5.41, 5.74) is 9.75. The van der Waals surface area contributed by atoms with Crippen LogP contribution in [-0.4, -0.2) is 13.7 Å². The second kappa shape index (κ2) is 4.57. The smallest absolute Gasteiger partial charge is 0.300 e. The fourth-order valence-electron chi connectivity index (χ4n) is 2.05. The molecular weight excluding hydrogens is 310 g/mol. The largest absolute Gasteiger partial charge is 0.423 e. The van der Waals surface area contributed by atoms with Gasteiger partial charge in [0.2, 0.25) is 0 Å². The number of aromatic nitrogens is 3. The zero-order valence-corrected chi connectivity index (χ0v) is 12.1. The van der Waals surface area contributed by atoms with E-state index in [-0.39, 0.29) is 0 Å². The number of hydrogen-bond donors (Lipinski definition) is 2. The molecule has 0 fully saturated rings. The van der Waals surface area contributed by atoms with Crippen LogP contribution in [0.4, 0.5) is 17.4 Å². The summed E-state index contributed by atoms with van der Waals surface area (Å²) in [5.74, 6) is 0. The van der Waals surface area contributed by atoms with Gasteiger partial charge < -0.3 is 15.5 Å². The first-order valence-electron chi connectivity index (χ1n) is 6.04. The lowest BCUT2D eigenvalue weighted by Crippen LogP contribution is -1.92. The van der Waals surface area contributed by atoms with Crippen LogP contribution in [0.5, 0.6) is 0 Å². The normalized spacial score (nSPS) is 11.3. The van der Waals surface area contributed by atoms with Crippen molar-refractivity contribution in [2.75, 3.05) is 11.1 Å². The summed E-state index contributed by atoms with van der Waals surface area (Å²) in [6, 6.07) is 9.20. The van der Waals surface area contributed by atoms with Crippen molar-refractivity contribution < 1.29 is 4.42 Å². The van der Waals surface area contributed by atoms with Gasteiger partial charge >= 0.3 is 0 Å². The molecule has 0 radical (unpaired) electrons. The van der Waals surface area contributed by atoms with Gasteiger partial charge in [-0.15, -0.1) is 0 Å². The van der Waals surface area contributed by atoms with Gasteiger partial charge in [-0.3, -0.25) is 0 Å². The van der Waals surface area contributed by atoms with Crippen molar-refractivity contribution >= 4 is 62.9 Å². The summed E-state index contributed by atoms with van der Waals surface area (Å²) in [6.07, 6.45) is 0. The Hall–Kier alpha value is -2.38. The average molecular weight is 318 g/mol. The summed E-state index contributed by atoms with van der Waals surface area (Å²) in [4.78, 5) is 4.34. The van der Waals surface area contributed by atoms with Gasteiger partial charge in [0.15, 0.2) is 5.58 Å². The maximum absolute atomic E-state index is 6.22. The van der Waals surface area contributed by atoms with E-state index in [0.717, 1.165) is 17.2 Å². The van der Waals surface area contributed by atoms with Gasteiger partial charge in [-0.25, -0.2) is 0 Å². The minimum absolute atomic E-state index is 0.331. The molecule has 4 rings (SSSR count). The Morgan fingerprint density at radius 1 is 1.14 bits per heavy atom. The van der Waals surface area contributed by atoms with Crippen LogP contribution < -0.4 is 11.1 Å². The predicted molar refractivity (Wildman–Crippen MR) is 84.1 cm³/mol. The first-order valence-corrected chi connectivity index (χ1v) is 7.15. The molecule has 0 aliphatic carbocycles. The number of nitrogen functional groups attached to an aromatic ring is 1. The molecule has 21 heavy (non-hydrogen) atoms. The molecule has 2 aromatic carbocycles. The van der Waals surface area contributed by atoms with Crippen LogP contribution in [-0.2, 0) is 0 Å². The quantitative estimate of drug-likeness (QED) is 0.546. The van der Waals surface area contributed by atoms with E-state index < -0.39 is 0 Å². The third-order valence-electron chi connectivity index (χ3n) is 3.02. The van der Waals surface area contributed by atoms with E-state index in [0.29, 0.717) is 39.0 Å². The van der Waals surface area contributed by atoms with Crippen molar-refractivity contribution in [3.8, 4) is 0 Å². The van der Waals surface area contributed by atoms with Gasteiger partial charge in [0.1, 0.15) is 16.6 Å². The molecule has 2 heterocycles. The van der Waals surface area contributed by atoms with E-state index >= 15 is 0 Å².